The number of amides is 2. The Balaban J connectivity index is 0.00000192. The van der Waals surface area contributed by atoms with Gasteiger partial charge in [-0.1, -0.05) is 18.2 Å². The van der Waals surface area contributed by atoms with Crippen LogP contribution < -0.4 is 5.32 Å². The van der Waals surface area contributed by atoms with Gasteiger partial charge in [-0.2, -0.15) is 0 Å². The molecular weight excluding hydrogens is 321 g/mol. The van der Waals surface area contributed by atoms with Gasteiger partial charge in [-0.15, -0.1) is 12.4 Å². The number of carbonyl (C=O) groups excluding carboxylic acids is 2. The Bertz CT molecular complexity index is 572. The first-order valence-electron chi connectivity index (χ1n) is 7.66. The molecule has 2 aliphatic rings. The van der Waals surface area contributed by atoms with Crippen molar-refractivity contribution < 1.29 is 14.0 Å². The first-order chi connectivity index (χ1) is 10.6. The van der Waals surface area contributed by atoms with E-state index < -0.39 is 0 Å². The van der Waals surface area contributed by atoms with Crippen LogP contribution in [0, 0.1) is 11.7 Å². The second-order valence-corrected chi connectivity index (χ2v) is 5.83. The molecule has 1 aromatic rings. The first kappa shape index (κ1) is 17.7. The fraction of sp³-hybridized carbons (Fsp3) is 0.500. The molecule has 1 aromatic carbocycles. The lowest BCUT2D eigenvalue weighted by Gasteiger charge is -2.38. The van der Waals surface area contributed by atoms with E-state index in [1.54, 1.807) is 23.1 Å². The van der Waals surface area contributed by atoms with Gasteiger partial charge in [-0.25, -0.2) is 4.39 Å². The summed E-state index contributed by atoms with van der Waals surface area (Å²) in [6, 6.07) is 6.35. The summed E-state index contributed by atoms with van der Waals surface area (Å²) in [6.45, 7) is 3.70. The van der Waals surface area contributed by atoms with Gasteiger partial charge in [0, 0.05) is 39.3 Å². The van der Waals surface area contributed by atoms with Gasteiger partial charge in [0.25, 0.3) is 0 Å². The second-order valence-electron chi connectivity index (χ2n) is 5.83. The summed E-state index contributed by atoms with van der Waals surface area (Å²) in [5, 5.41) is 3.09. The monoisotopic (exact) mass is 341 g/mol. The lowest BCUT2D eigenvalue weighted by atomic mass is 10.0. The molecule has 0 saturated carbocycles. The third kappa shape index (κ3) is 4.00. The van der Waals surface area contributed by atoms with Crippen molar-refractivity contribution >= 4 is 24.2 Å². The number of hydrogen-bond acceptors (Lipinski definition) is 3. The number of nitrogens with zero attached hydrogens (tertiary/aromatic N) is 2. The van der Waals surface area contributed by atoms with Crippen molar-refractivity contribution in [2.75, 3.05) is 39.3 Å². The molecule has 0 unspecified atom stereocenters. The number of hydrogen-bond donors (Lipinski definition) is 1. The highest BCUT2D eigenvalue weighted by Crippen LogP contribution is 2.13. The highest BCUT2D eigenvalue weighted by molar-refractivity contribution is 5.85. The zero-order valence-electron chi connectivity index (χ0n) is 12.8. The van der Waals surface area contributed by atoms with Gasteiger partial charge in [0.1, 0.15) is 5.82 Å². The van der Waals surface area contributed by atoms with Crippen molar-refractivity contribution in [3.8, 4) is 0 Å². The van der Waals surface area contributed by atoms with Crippen LogP contribution in [0.25, 0.3) is 0 Å². The van der Waals surface area contributed by atoms with Crippen LogP contribution in [0.1, 0.15) is 5.56 Å². The third-order valence-electron chi connectivity index (χ3n) is 4.37. The maximum Gasteiger partial charge on any atom is 0.228 e. The SMILES string of the molecule is Cl.O=C(Cc1ccccc1F)N1CCN(C(=O)C2CNC2)CC1. The fourth-order valence-electron chi connectivity index (χ4n) is 2.81. The number of rotatable bonds is 3. The maximum atomic E-state index is 13.6. The van der Waals surface area contributed by atoms with E-state index in [9.17, 15) is 14.0 Å². The highest BCUT2D eigenvalue weighted by atomic mass is 35.5. The van der Waals surface area contributed by atoms with Crippen molar-refractivity contribution in [2.24, 2.45) is 5.92 Å². The molecule has 2 aliphatic heterocycles. The molecule has 0 radical (unpaired) electrons. The smallest absolute Gasteiger partial charge is 0.228 e. The Kier molecular flexibility index (Phi) is 5.96. The van der Waals surface area contributed by atoms with Crippen LogP contribution in [0.5, 0.6) is 0 Å². The zero-order valence-corrected chi connectivity index (χ0v) is 13.7. The normalized spacial score (nSPS) is 18.1. The van der Waals surface area contributed by atoms with E-state index >= 15 is 0 Å². The van der Waals surface area contributed by atoms with Crippen LogP contribution in [0.4, 0.5) is 4.39 Å². The summed E-state index contributed by atoms with van der Waals surface area (Å²) < 4.78 is 13.6. The average molecular weight is 342 g/mol. The van der Waals surface area contributed by atoms with E-state index in [1.165, 1.54) is 6.07 Å². The lowest BCUT2D eigenvalue weighted by molar-refractivity contribution is -0.143. The predicted octanol–water partition coefficient (Wildman–Crippen LogP) is 0.680. The van der Waals surface area contributed by atoms with Crippen LogP contribution in [0.15, 0.2) is 24.3 Å². The van der Waals surface area contributed by atoms with E-state index in [-0.39, 0.29) is 42.4 Å². The standard InChI is InChI=1S/C16H20FN3O2.ClH/c17-14-4-2-1-3-12(14)9-15(21)19-5-7-20(8-6-19)16(22)13-10-18-11-13;/h1-4,13,18H,5-11H2;1H. The summed E-state index contributed by atoms with van der Waals surface area (Å²) in [7, 11) is 0. The second kappa shape index (κ2) is 7.75. The minimum atomic E-state index is -0.345. The van der Waals surface area contributed by atoms with Crippen molar-refractivity contribution in [3.05, 3.63) is 35.6 Å². The van der Waals surface area contributed by atoms with Crippen molar-refractivity contribution in [3.63, 3.8) is 0 Å². The van der Waals surface area contributed by atoms with Gasteiger partial charge in [-0.05, 0) is 11.6 Å². The van der Waals surface area contributed by atoms with Crippen LogP contribution in [0.2, 0.25) is 0 Å². The summed E-state index contributed by atoms with van der Waals surface area (Å²) in [5.41, 5.74) is 0.423. The average Bonchev–Trinajstić information content (AvgIpc) is 2.48. The van der Waals surface area contributed by atoms with Gasteiger partial charge >= 0.3 is 0 Å². The molecule has 2 saturated heterocycles. The minimum Gasteiger partial charge on any atom is -0.339 e. The molecular formula is C16H21ClFN3O2. The van der Waals surface area contributed by atoms with Gasteiger partial charge in [0.15, 0.2) is 0 Å². The Morgan fingerprint density at radius 3 is 2.26 bits per heavy atom. The van der Waals surface area contributed by atoms with Crippen molar-refractivity contribution in [1.29, 1.82) is 0 Å². The van der Waals surface area contributed by atoms with Crippen LogP contribution in [-0.4, -0.2) is 60.9 Å². The topological polar surface area (TPSA) is 52.7 Å². The number of benzene rings is 1. The number of carbonyl (C=O) groups is 2. The molecule has 2 amide bonds. The summed E-state index contributed by atoms with van der Waals surface area (Å²) in [4.78, 5) is 27.9. The lowest BCUT2D eigenvalue weighted by Crippen LogP contribution is -2.57. The molecule has 0 aromatic heterocycles. The molecule has 23 heavy (non-hydrogen) atoms. The van der Waals surface area contributed by atoms with E-state index in [2.05, 4.69) is 5.32 Å². The number of piperazine rings is 1. The summed E-state index contributed by atoms with van der Waals surface area (Å²) >= 11 is 0. The summed E-state index contributed by atoms with van der Waals surface area (Å²) in [6.07, 6.45) is 0.0766. The number of nitrogens with one attached hydrogen (secondary N) is 1. The van der Waals surface area contributed by atoms with Gasteiger partial charge in [0.05, 0.1) is 12.3 Å². The van der Waals surface area contributed by atoms with Gasteiger partial charge < -0.3 is 15.1 Å². The molecule has 0 aliphatic carbocycles. The fourth-order valence-corrected chi connectivity index (χ4v) is 2.81. The Morgan fingerprint density at radius 2 is 1.70 bits per heavy atom. The first-order valence-corrected chi connectivity index (χ1v) is 7.66. The van der Waals surface area contributed by atoms with Crippen molar-refractivity contribution in [1.82, 2.24) is 15.1 Å². The van der Waals surface area contributed by atoms with E-state index in [4.69, 9.17) is 0 Å². The van der Waals surface area contributed by atoms with E-state index in [0.717, 1.165) is 13.1 Å². The molecule has 2 fully saturated rings. The zero-order chi connectivity index (χ0) is 15.5. The molecule has 126 valence electrons. The Hall–Kier alpha value is -1.66. The molecule has 0 bridgehead atoms. The largest absolute Gasteiger partial charge is 0.339 e. The predicted molar refractivity (Wildman–Crippen MR) is 86.9 cm³/mol. The molecule has 2 heterocycles. The molecule has 7 heteroatoms. The molecule has 0 atom stereocenters. The van der Waals surface area contributed by atoms with Gasteiger partial charge in [0.2, 0.25) is 11.8 Å². The third-order valence-corrected chi connectivity index (χ3v) is 4.37. The van der Waals surface area contributed by atoms with Crippen molar-refractivity contribution in [2.45, 2.75) is 6.42 Å². The Morgan fingerprint density at radius 1 is 1.09 bits per heavy atom. The van der Waals surface area contributed by atoms with E-state index in [1.807, 2.05) is 4.90 Å². The summed E-state index contributed by atoms with van der Waals surface area (Å²) in [5.74, 6) is -0.148. The number of halogens is 2. The van der Waals surface area contributed by atoms with Crippen LogP contribution >= 0.6 is 12.4 Å². The van der Waals surface area contributed by atoms with Crippen LogP contribution in [0.3, 0.4) is 0 Å². The maximum absolute atomic E-state index is 13.6. The molecule has 5 nitrogen and oxygen atoms in total. The van der Waals surface area contributed by atoms with E-state index in [0.29, 0.717) is 31.7 Å². The minimum absolute atomic E-state index is 0. The molecule has 0 spiro atoms. The van der Waals surface area contributed by atoms with Gasteiger partial charge in [-0.3, -0.25) is 9.59 Å². The molecule has 3 rings (SSSR count). The highest BCUT2D eigenvalue weighted by Gasteiger charge is 2.31. The van der Waals surface area contributed by atoms with Crippen LogP contribution in [-0.2, 0) is 16.0 Å². The quantitative estimate of drug-likeness (QED) is 0.879. The molecule has 1 N–H and O–H groups in total. The Labute approximate surface area is 141 Å².